The number of halogens is 6. The van der Waals surface area contributed by atoms with Crippen LogP contribution in [0.15, 0.2) is 16.6 Å². The summed E-state index contributed by atoms with van der Waals surface area (Å²) in [7, 11) is 0. The Labute approximate surface area is 105 Å². The first kappa shape index (κ1) is 13.6. The largest absolute Gasteiger partial charge is 0.417 e. The molecule has 0 radical (unpaired) electrons. The number of ketones is 1. The van der Waals surface area contributed by atoms with Gasteiger partial charge in [-0.2, -0.15) is 13.2 Å². The number of alkyl halides is 4. The Bertz CT molecular complexity index is 428. The number of carbonyl (C=O) groups excluding carboxylic acids is 1. The lowest BCUT2D eigenvalue weighted by atomic mass is 10.1. The lowest BCUT2D eigenvalue weighted by Crippen LogP contribution is -2.10. The molecule has 0 aliphatic carbocycles. The van der Waals surface area contributed by atoms with Crippen molar-refractivity contribution in [2.75, 3.05) is 5.33 Å². The molecule has 1 nitrogen and oxygen atoms in total. The van der Waals surface area contributed by atoms with E-state index in [1.165, 1.54) is 0 Å². The highest BCUT2D eigenvalue weighted by Gasteiger charge is 2.35. The van der Waals surface area contributed by atoms with E-state index in [0.29, 0.717) is 6.07 Å². The van der Waals surface area contributed by atoms with Gasteiger partial charge in [-0.25, -0.2) is 4.39 Å². The summed E-state index contributed by atoms with van der Waals surface area (Å²) in [6, 6.07) is 1.39. The van der Waals surface area contributed by atoms with Gasteiger partial charge >= 0.3 is 6.18 Å². The zero-order valence-corrected chi connectivity index (χ0v) is 10.7. The Morgan fingerprint density at radius 2 is 1.88 bits per heavy atom. The molecule has 0 unspecified atom stereocenters. The van der Waals surface area contributed by atoms with Gasteiger partial charge in [0, 0.05) is 5.56 Å². The van der Waals surface area contributed by atoms with Gasteiger partial charge in [0.2, 0.25) is 0 Å². The highest BCUT2D eigenvalue weighted by atomic mass is 79.9. The third-order valence-corrected chi connectivity index (χ3v) is 3.09. The fourth-order valence-electron chi connectivity index (χ4n) is 1.03. The van der Waals surface area contributed by atoms with Crippen molar-refractivity contribution in [2.24, 2.45) is 0 Å². The number of carbonyl (C=O) groups is 1. The van der Waals surface area contributed by atoms with Gasteiger partial charge in [-0.1, -0.05) is 15.9 Å². The van der Waals surface area contributed by atoms with E-state index in [1.807, 2.05) is 0 Å². The van der Waals surface area contributed by atoms with Crippen LogP contribution in [-0.2, 0) is 6.18 Å². The minimum atomic E-state index is -4.71. The summed E-state index contributed by atoms with van der Waals surface area (Å²) in [5.74, 6) is -1.73. The van der Waals surface area contributed by atoms with Crippen LogP contribution in [-0.4, -0.2) is 11.1 Å². The number of hydrogen-bond donors (Lipinski definition) is 0. The molecule has 0 aliphatic rings. The molecule has 0 bridgehead atoms. The van der Waals surface area contributed by atoms with Crippen LogP contribution in [0.4, 0.5) is 17.6 Å². The first-order valence-electron chi connectivity index (χ1n) is 3.92. The number of rotatable bonds is 2. The van der Waals surface area contributed by atoms with Gasteiger partial charge in [0.25, 0.3) is 0 Å². The first-order chi connectivity index (χ1) is 7.27. The molecule has 16 heavy (non-hydrogen) atoms. The lowest BCUT2D eigenvalue weighted by molar-refractivity contribution is -0.138. The van der Waals surface area contributed by atoms with Crippen LogP contribution in [0.25, 0.3) is 0 Å². The maximum atomic E-state index is 13.2. The maximum absolute atomic E-state index is 13.2. The molecular weight excluding hydrogens is 360 g/mol. The van der Waals surface area contributed by atoms with Crippen molar-refractivity contribution in [3.63, 3.8) is 0 Å². The summed E-state index contributed by atoms with van der Waals surface area (Å²) in [6.07, 6.45) is -4.71. The molecule has 0 heterocycles. The van der Waals surface area contributed by atoms with E-state index in [0.717, 1.165) is 6.07 Å². The van der Waals surface area contributed by atoms with Crippen molar-refractivity contribution in [3.05, 3.63) is 33.5 Å². The van der Waals surface area contributed by atoms with Crippen LogP contribution < -0.4 is 0 Å². The predicted octanol–water partition coefficient (Wildman–Crippen LogP) is 4.18. The second-order valence-electron chi connectivity index (χ2n) is 2.87. The fraction of sp³-hybridized carbons (Fsp3) is 0.222. The predicted molar refractivity (Wildman–Crippen MR) is 57.2 cm³/mol. The van der Waals surface area contributed by atoms with Crippen LogP contribution in [0.1, 0.15) is 15.9 Å². The SMILES string of the molecule is O=C(CBr)c1cc(F)c(Br)c(C(F)(F)F)c1. The Balaban J connectivity index is 3.39. The molecule has 0 spiro atoms. The molecule has 0 aliphatic heterocycles. The van der Waals surface area contributed by atoms with Gasteiger partial charge in [-0.15, -0.1) is 0 Å². The third-order valence-electron chi connectivity index (χ3n) is 1.78. The van der Waals surface area contributed by atoms with Gasteiger partial charge < -0.3 is 0 Å². The highest BCUT2D eigenvalue weighted by molar-refractivity contribution is 9.10. The molecule has 0 saturated heterocycles. The molecular formula is C9H4Br2F4O. The van der Waals surface area contributed by atoms with Crippen LogP contribution in [0, 0.1) is 5.82 Å². The van der Waals surface area contributed by atoms with Gasteiger partial charge in [0.1, 0.15) is 5.82 Å². The molecule has 0 aromatic heterocycles. The molecule has 0 N–H and O–H groups in total. The van der Waals surface area contributed by atoms with E-state index in [4.69, 9.17) is 0 Å². The van der Waals surface area contributed by atoms with E-state index < -0.39 is 27.8 Å². The minimum Gasteiger partial charge on any atom is -0.293 e. The zero-order valence-electron chi connectivity index (χ0n) is 7.54. The average molecular weight is 364 g/mol. The summed E-state index contributed by atoms with van der Waals surface area (Å²) in [5.41, 5.74) is -1.51. The minimum absolute atomic E-state index is 0.161. The summed E-state index contributed by atoms with van der Waals surface area (Å²) < 4.78 is 49.8. The molecule has 7 heteroatoms. The average Bonchev–Trinajstić information content (AvgIpc) is 2.18. The van der Waals surface area contributed by atoms with E-state index in [-0.39, 0.29) is 10.9 Å². The van der Waals surface area contributed by atoms with Gasteiger partial charge in [0.05, 0.1) is 15.4 Å². The summed E-state index contributed by atoms with van der Waals surface area (Å²) >= 11 is 5.31. The topological polar surface area (TPSA) is 17.1 Å². The maximum Gasteiger partial charge on any atom is 0.417 e. The summed E-state index contributed by atoms with van der Waals surface area (Å²) in [5, 5.41) is -0.161. The van der Waals surface area contributed by atoms with Crippen molar-refractivity contribution < 1.29 is 22.4 Å². The van der Waals surface area contributed by atoms with Crippen molar-refractivity contribution in [1.82, 2.24) is 0 Å². The lowest BCUT2D eigenvalue weighted by Gasteiger charge is -2.11. The second-order valence-corrected chi connectivity index (χ2v) is 4.23. The van der Waals surface area contributed by atoms with Crippen LogP contribution in [0.3, 0.4) is 0 Å². The zero-order chi connectivity index (χ0) is 12.5. The second kappa shape index (κ2) is 4.83. The molecule has 1 aromatic carbocycles. The quantitative estimate of drug-likeness (QED) is 0.437. The number of Topliss-reactive ketones (excluding diaryl/α,β-unsaturated/α-hetero) is 1. The molecule has 1 rings (SSSR count). The van der Waals surface area contributed by atoms with E-state index in [1.54, 1.807) is 0 Å². The molecule has 0 atom stereocenters. The monoisotopic (exact) mass is 362 g/mol. The van der Waals surface area contributed by atoms with Crippen molar-refractivity contribution >= 4 is 37.6 Å². The first-order valence-corrected chi connectivity index (χ1v) is 5.84. The summed E-state index contributed by atoms with van der Waals surface area (Å²) in [4.78, 5) is 11.2. The van der Waals surface area contributed by atoms with Crippen LogP contribution in [0.5, 0.6) is 0 Å². The van der Waals surface area contributed by atoms with E-state index >= 15 is 0 Å². The van der Waals surface area contributed by atoms with Crippen molar-refractivity contribution in [3.8, 4) is 0 Å². The smallest absolute Gasteiger partial charge is 0.293 e. The normalized spacial score (nSPS) is 11.6. The van der Waals surface area contributed by atoms with Gasteiger partial charge in [-0.05, 0) is 28.1 Å². The Morgan fingerprint density at radius 3 is 2.31 bits per heavy atom. The molecule has 0 fully saturated rings. The van der Waals surface area contributed by atoms with E-state index in [2.05, 4.69) is 31.9 Å². The Hall–Kier alpha value is -0.430. The third kappa shape index (κ3) is 2.82. The van der Waals surface area contributed by atoms with Crippen molar-refractivity contribution in [1.29, 1.82) is 0 Å². The van der Waals surface area contributed by atoms with Crippen LogP contribution in [0.2, 0.25) is 0 Å². The molecule has 88 valence electrons. The summed E-state index contributed by atoms with van der Waals surface area (Å²) in [6.45, 7) is 0. The fourth-order valence-corrected chi connectivity index (χ4v) is 1.81. The van der Waals surface area contributed by atoms with E-state index in [9.17, 15) is 22.4 Å². The molecule has 0 saturated carbocycles. The van der Waals surface area contributed by atoms with Gasteiger partial charge in [0.15, 0.2) is 5.78 Å². The Morgan fingerprint density at radius 1 is 1.31 bits per heavy atom. The number of benzene rings is 1. The van der Waals surface area contributed by atoms with Gasteiger partial charge in [-0.3, -0.25) is 4.79 Å². The highest BCUT2D eigenvalue weighted by Crippen LogP contribution is 2.36. The molecule has 0 amide bonds. The standard InChI is InChI=1S/C9H4Br2F4O/c10-3-7(16)4-1-5(9(13,14)15)8(11)6(12)2-4/h1-2H,3H2. The van der Waals surface area contributed by atoms with Crippen LogP contribution >= 0.6 is 31.9 Å². The van der Waals surface area contributed by atoms with Crippen molar-refractivity contribution in [2.45, 2.75) is 6.18 Å². The molecule has 1 aromatic rings. The number of hydrogen-bond acceptors (Lipinski definition) is 1. The Kier molecular flexibility index (Phi) is 4.12.